The maximum Gasteiger partial charge on any atom is 0.271 e. The maximum atomic E-state index is 12.6. The number of carbonyl (C=O) groups is 1. The van der Waals surface area contributed by atoms with Gasteiger partial charge in [-0.3, -0.25) is 20.2 Å². The van der Waals surface area contributed by atoms with E-state index in [2.05, 4.69) is 5.32 Å². The van der Waals surface area contributed by atoms with Gasteiger partial charge in [0.15, 0.2) is 10.9 Å². The van der Waals surface area contributed by atoms with Crippen molar-refractivity contribution >= 4 is 69.4 Å². The van der Waals surface area contributed by atoms with Crippen LogP contribution in [0.3, 0.4) is 0 Å². The van der Waals surface area contributed by atoms with Gasteiger partial charge in [0.1, 0.15) is 0 Å². The highest BCUT2D eigenvalue weighted by atomic mass is 35.5. The Morgan fingerprint density at radius 2 is 1.71 bits per heavy atom. The minimum absolute atomic E-state index is 0.0602. The van der Waals surface area contributed by atoms with Crippen molar-refractivity contribution in [2.75, 3.05) is 38.2 Å². The number of nitrogens with one attached hydrogen (secondary N) is 1. The molecular formula is C19H17Cl3N4O4S. The molecule has 0 aliphatic carbocycles. The number of methoxy groups -OCH3 is 1. The number of rotatable bonds is 4. The van der Waals surface area contributed by atoms with E-state index in [9.17, 15) is 14.9 Å². The molecule has 1 saturated heterocycles. The first-order valence-electron chi connectivity index (χ1n) is 9.03. The summed E-state index contributed by atoms with van der Waals surface area (Å²) in [7, 11) is 1.44. The average Bonchev–Trinajstić information content (AvgIpc) is 2.73. The second-order valence-electron chi connectivity index (χ2n) is 6.60. The smallest absolute Gasteiger partial charge is 0.271 e. The van der Waals surface area contributed by atoms with Gasteiger partial charge in [0.05, 0.1) is 32.8 Å². The Balaban J connectivity index is 1.60. The van der Waals surface area contributed by atoms with Gasteiger partial charge in [-0.25, -0.2) is 0 Å². The third kappa shape index (κ3) is 5.30. The first-order chi connectivity index (χ1) is 14.7. The monoisotopic (exact) mass is 502 g/mol. The number of piperazine rings is 1. The highest BCUT2D eigenvalue weighted by molar-refractivity contribution is 7.80. The molecule has 1 fully saturated rings. The Hall–Kier alpha value is -2.33. The van der Waals surface area contributed by atoms with E-state index in [4.69, 9.17) is 51.8 Å². The molecule has 1 N–H and O–H groups in total. The number of hydrogen-bond acceptors (Lipinski definition) is 6. The summed E-state index contributed by atoms with van der Waals surface area (Å²) in [5.41, 5.74) is 0.911. The Bertz CT molecular complexity index is 1020. The second-order valence-corrected chi connectivity index (χ2v) is 8.21. The fourth-order valence-corrected chi connectivity index (χ4v) is 4.36. The van der Waals surface area contributed by atoms with Gasteiger partial charge >= 0.3 is 0 Å². The third-order valence-electron chi connectivity index (χ3n) is 4.73. The zero-order chi connectivity index (χ0) is 22.7. The number of non-ortho nitro benzene ring substituents is 1. The van der Waals surface area contributed by atoms with E-state index >= 15 is 0 Å². The molecule has 1 aliphatic rings. The zero-order valence-electron chi connectivity index (χ0n) is 16.2. The van der Waals surface area contributed by atoms with E-state index in [0.717, 1.165) is 0 Å². The van der Waals surface area contributed by atoms with Crippen molar-refractivity contribution < 1.29 is 14.5 Å². The Labute approximate surface area is 198 Å². The topological polar surface area (TPSA) is 88.0 Å². The van der Waals surface area contributed by atoms with Crippen molar-refractivity contribution in [2.45, 2.75) is 0 Å². The number of ether oxygens (including phenoxy) is 1. The van der Waals surface area contributed by atoms with Crippen LogP contribution in [0.1, 0.15) is 10.4 Å². The van der Waals surface area contributed by atoms with Gasteiger partial charge in [0.2, 0.25) is 0 Å². The van der Waals surface area contributed by atoms with Gasteiger partial charge in [-0.2, -0.15) is 0 Å². The summed E-state index contributed by atoms with van der Waals surface area (Å²) >= 11 is 23.8. The van der Waals surface area contributed by atoms with E-state index in [1.165, 1.54) is 31.4 Å². The third-order valence-corrected chi connectivity index (χ3v) is 5.96. The maximum absolute atomic E-state index is 12.6. The summed E-state index contributed by atoms with van der Waals surface area (Å²) in [4.78, 5) is 26.8. The van der Waals surface area contributed by atoms with E-state index in [0.29, 0.717) is 42.6 Å². The van der Waals surface area contributed by atoms with Gasteiger partial charge in [0, 0.05) is 43.9 Å². The molecule has 0 radical (unpaired) electrons. The summed E-state index contributed by atoms with van der Waals surface area (Å²) < 4.78 is 5.08. The molecule has 164 valence electrons. The zero-order valence-corrected chi connectivity index (χ0v) is 19.3. The first-order valence-corrected chi connectivity index (χ1v) is 10.6. The lowest BCUT2D eigenvalue weighted by Gasteiger charge is -2.37. The van der Waals surface area contributed by atoms with Gasteiger partial charge in [-0.15, -0.1) is 0 Å². The second kappa shape index (κ2) is 9.86. The SMILES string of the molecule is COc1c(Cl)cc(C(=O)NC(=S)N2CCN(c3ccc([N+](=O)[O-])cc3Cl)CC2)cc1Cl. The molecule has 0 saturated carbocycles. The summed E-state index contributed by atoms with van der Waals surface area (Å²) in [6.07, 6.45) is 0. The number of anilines is 1. The lowest BCUT2D eigenvalue weighted by atomic mass is 10.2. The Morgan fingerprint density at radius 1 is 1.10 bits per heavy atom. The van der Waals surface area contributed by atoms with Crippen LogP contribution in [0.4, 0.5) is 11.4 Å². The minimum atomic E-state index is -0.488. The van der Waals surface area contributed by atoms with Crippen molar-refractivity contribution in [1.82, 2.24) is 10.2 Å². The van der Waals surface area contributed by atoms with E-state index in [1.54, 1.807) is 6.07 Å². The molecule has 1 amide bonds. The number of nitro groups is 1. The van der Waals surface area contributed by atoms with Crippen LogP contribution >= 0.6 is 47.0 Å². The van der Waals surface area contributed by atoms with Gasteiger partial charge in [-0.1, -0.05) is 34.8 Å². The molecule has 31 heavy (non-hydrogen) atoms. The van der Waals surface area contributed by atoms with Crippen LogP contribution in [0, 0.1) is 10.1 Å². The highest BCUT2D eigenvalue weighted by Gasteiger charge is 2.23. The van der Waals surface area contributed by atoms with E-state index < -0.39 is 10.8 Å². The summed E-state index contributed by atoms with van der Waals surface area (Å²) in [5.74, 6) is -0.138. The average molecular weight is 504 g/mol. The lowest BCUT2D eigenvalue weighted by molar-refractivity contribution is -0.384. The quantitative estimate of drug-likeness (QED) is 0.376. The molecule has 2 aromatic rings. The fraction of sp³-hybridized carbons (Fsp3) is 0.263. The molecule has 1 aliphatic heterocycles. The number of amides is 1. The van der Waals surface area contributed by atoms with Crippen molar-refractivity contribution in [2.24, 2.45) is 0 Å². The lowest BCUT2D eigenvalue weighted by Crippen LogP contribution is -2.52. The van der Waals surface area contributed by atoms with Crippen LogP contribution in [0.5, 0.6) is 5.75 Å². The molecule has 0 aromatic heterocycles. The minimum Gasteiger partial charge on any atom is -0.494 e. The molecule has 1 heterocycles. The standard InChI is InChI=1S/C19H17Cl3N4O4S/c1-30-17-14(21)8-11(9-15(17)22)18(27)23-19(31)25-6-4-24(5-7-25)16-3-2-12(26(28)29)10-13(16)20/h2-3,8-10H,4-7H2,1H3,(H,23,27,31). The van der Waals surface area contributed by atoms with Gasteiger partial charge in [-0.05, 0) is 30.4 Å². The first kappa shape index (κ1) is 23.3. The number of thiocarbonyl (C=S) groups is 1. The van der Waals surface area contributed by atoms with Crippen LogP contribution in [-0.2, 0) is 0 Å². The molecule has 0 bridgehead atoms. The van der Waals surface area contributed by atoms with E-state index in [-0.39, 0.29) is 26.4 Å². The molecule has 0 spiro atoms. The van der Waals surface area contributed by atoms with Crippen molar-refractivity contribution in [3.05, 3.63) is 61.1 Å². The number of halogens is 3. The molecular weight excluding hydrogens is 487 g/mol. The van der Waals surface area contributed by atoms with Gasteiger partial charge in [0.25, 0.3) is 11.6 Å². The molecule has 0 atom stereocenters. The number of carbonyl (C=O) groups excluding carboxylic acids is 1. The van der Waals surface area contributed by atoms with Crippen molar-refractivity contribution in [3.63, 3.8) is 0 Å². The fourth-order valence-electron chi connectivity index (χ4n) is 3.15. The summed E-state index contributed by atoms with van der Waals surface area (Å²) in [5, 5.41) is 14.6. The molecule has 8 nitrogen and oxygen atoms in total. The number of hydrogen-bond donors (Lipinski definition) is 1. The summed E-state index contributed by atoms with van der Waals surface area (Å²) in [6.45, 7) is 2.23. The number of benzene rings is 2. The van der Waals surface area contributed by atoms with Crippen LogP contribution < -0.4 is 15.0 Å². The van der Waals surface area contributed by atoms with E-state index in [1.807, 2.05) is 9.80 Å². The molecule has 0 unspecified atom stereocenters. The summed E-state index contributed by atoms with van der Waals surface area (Å²) in [6, 6.07) is 7.30. The number of nitrogens with zero attached hydrogens (tertiary/aromatic N) is 3. The normalized spacial score (nSPS) is 13.7. The van der Waals surface area contributed by atoms with Crippen LogP contribution in [0.2, 0.25) is 15.1 Å². The van der Waals surface area contributed by atoms with Crippen molar-refractivity contribution in [1.29, 1.82) is 0 Å². The Kier molecular flexibility index (Phi) is 7.42. The predicted octanol–water partition coefficient (Wildman–Crippen LogP) is 4.40. The molecule has 2 aromatic carbocycles. The van der Waals surface area contributed by atoms with Crippen LogP contribution in [-0.4, -0.2) is 54.1 Å². The largest absolute Gasteiger partial charge is 0.494 e. The molecule has 12 heteroatoms. The van der Waals surface area contributed by atoms with Crippen molar-refractivity contribution in [3.8, 4) is 5.75 Å². The number of nitro benzene ring substituents is 1. The molecule has 3 rings (SSSR count). The van der Waals surface area contributed by atoms with Crippen LogP contribution in [0.25, 0.3) is 0 Å². The highest BCUT2D eigenvalue weighted by Crippen LogP contribution is 2.34. The van der Waals surface area contributed by atoms with Gasteiger partial charge < -0.3 is 14.5 Å². The predicted molar refractivity (Wildman–Crippen MR) is 125 cm³/mol. The Morgan fingerprint density at radius 3 is 2.23 bits per heavy atom. The van der Waals surface area contributed by atoms with Crippen LogP contribution in [0.15, 0.2) is 30.3 Å².